The van der Waals surface area contributed by atoms with Crippen LogP contribution in [0.4, 0.5) is 0 Å². The van der Waals surface area contributed by atoms with Crippen LogP contribution in [0.1, 0.15) is 25.0 Å². The van der Waals surface area contributed by atoms with Crippen molar-refractivity contribution in [2.45, 2.75) is 20.8 Å². The van der Waals surface area contributed by atoms with Crippen LogP contribution in [0.5, 0.6) is 11.5 Å². The topological polar surface area (TPSA) is 52.6 Å². The second-order valence-electron chi connectivity index (χ2n) is 3.55. The first-order valence-electron chi connectivity index (χ1n) is 5.08. The molecule has 1 aromatic rings. The van der Waals surface area contributed by atoms with Gasteiger partial charge in [0, 0.05) is 19.4 Å². The summed E-state index contributed by atoms with van der Waals surface area (Å²) in [6, 6.07) is 3.25. The standard InChI is InChI=1S/C13H14O4/c1-5-11-7-12(16-9(3)14)8(2)6-13(11)17-10(4)15/h5-7H,1H2,2-4H3. The Balaban J connectivity index is 3.18. The number of hydrogen-bond donors (Lipinski definition) is 0. The molecule has 0 atom stereocenters. The summed E-state index contributed by atoms with van der Waals surface area (Å²) in [5.74, 6) is 0.0280. The van der Waals surface area contributed by atoms with E-state index in [0.717, 1.165) is 0 Å². The van der Waals surface area contributed by atoms with E-state index < -0.39 is 11.9 Å². The minimum atomic E-state index is -0.410. The molecule has 0 spiro atoms. The van der Waals surface area contributed by atoms with Crippen LogP contribution >= 0.6 is 0 Å². The van der Waals surface area contributed by atoms with Gasteiger partial charge in [-0.25, -0.2) is 0 Å². The zero-order valence-corrected chi connectivity index (χ0v) is 10.1. The lowest BCUT2D eigenvalue weighted by atomic mass is 10.1. The van der Waals surface area contributed by atoms with Gasteiger partial charge >= 0.3 is 11.9 Å². The summed E-state index contributed by atoms with van der Waals surface area (Å²) in [5, 5.41) is 0. The molecule has 0 fully saturated rings. The maximum Gasteiger partial charge on any atom is 0.308 e. The van der Waals surface area contributed by atoms with Crippen molar-refractivity contribution in [2.75, 3.05) is 0 Å². The van der Waals surface area contributed by atoms with Crippen LogP contribution in [0, 0.1) is 6.92 Å². The molecule has 0 unspecified atom stereocenters. The molecule has 4 heteroatoms. The first kappa shape index (κ1) is 13.0. The van der Waals surface area contributed by atoms with Crippen molar-refractivity contribution in [3.63, 3.8) is 0 Å². The van der Waals surface area contributed by atoms with Gasteiger partial charge in [-0.05, 0) is 24.6 Å². The lowest BCUT2D eigenvalue weighted by Crippen LogP contribution is -2.06. The number of rotatable bonds is 3. The molecule has 17 heavy (non-hydrogen) atoms. The number of esters is 2. The van der Waals surface area contributed by atoms with E-state index in [1.165, 1.54) is 19.9 Å². The Labute approximate surface area is 99.8 Å². The summed E-state index contributed by atoms with van der Waals surface area (Å²) in [6.45, 7) is 8.03. The van der Waals surface area contributed by atoms with E-state index in [1.54, 1.807) is 19.1 Å². The van der Waals surface area contributed by atoms with Crippen LogP contribution in [-0.2, 0) is 9.59 Å². The SMILES string of the molecule is C=Cc1cc(OC(C)=O)c(C)cc1OC(C)=O. The minimum Gasteiger partial charge on any atom is -0.426 e. The highest BCUT2D eigenvalue weighted by molar-refractivity contribution is 5.74. The summed E-state index contributed by atoms with van der Waals surface area (Å²) >= 11 is 0. The average Bonchev–Trinajstić information content (AvgIpc) is 2.20. The van der Waals surface area contributed by atoms with Gasteiger partial charge < -0.3 is 9.47 Å². The predicted molar refractivity (Wildman–Crippen MR) is 63.9 cm³/mol. The van der Waals surface area contributed by atoms with Crippen molar-refractivity contribution in [2.24, 2.45) is 0 Å². The summed E-state index contributed by atoms with van der Waals surface area (Å²) in [5.41, 5.74) is 1.31. The Hall–Kier alpha value is -2.10. The number of ether oxygens (including phenoxy) is 2. The Kier molecular flexibility index (Phi) is 4.04. The molecular weight excluding hydrogens is 220 g/mol. The molecule has 1 rings (SSSR count). The van der Waals surface area contributed by atoms with Crippen molar-refractivity contribution in [3.8, 4) is 11.5 Å². The molecule has 0 aliphatic heterocycles. The minimum absolute atomic E-state index is 0.400. The molecule has 0 heterocycles. The molecule has 90 valence electrons. The first-order chi connectivity index (χ1) is 7.93. The van der Waals surface area contributed by atoms with Gasteiger partial charge in [0.15, 0.2) is 0 Å². The zero-order chi connectivity index (χ0) is 13.0. The fourth-order valence-electron chi connectivity index (χ4n) is 1.34. The number of aryl methyl sites for hydroxylation is 1. The van der Waals surface area contributed by atoms with Crippen LogP contribution in [0.15, 0.2) is 18.7 Å². The lowest BCUT2D eigenvalue weighted by Gasteiger charge is -2.11. The second kappa shape index (κ2) is 5.30. The number of carbonyl (C=O) groups is 2. The highest BCUT2D eigenvalue weighted by Gasteiger charge is 2.10. The van der Waals surface area contributed by atoms with Crippen LogP contribution in [0.25, 0.3) is 6.08 Å². The fraction of sp³-hybridized carbons (Fsp3) is 0.231. The van der Waals surface area contributed by atoms with Gasteiger partial charge in [-0.2, -0.15) is 0 Å². The molecule has 0 bridgehead atoms. The molecule has 0 amide bonds. The first-order valence-corrected chi connectivity index (χ1v) is 5.08. The van der Waals surface area contributed by atoms with E-state index in [2.05, 4.69) is 6.58 Å². The normalized spacial score (nSPS) is 9.59. The summed E-state index contributed by atoms with van der Waals surface area (Å²) in [7, 11) is 0. The third-order valence-electron chi connectivity index (χ3n) is 2.03. The molecule has 0 saturated carbocycles. The molecule has 0 saturated heterocycles. The molecule has 1 aromatic carbocycles. The summed E-state index contributed by atoms with van der Waals surface area (Å²) < 4.78 is 10.0. The second-order valence-corrected chi connectivity index (χ2v) is 3.55. The van der Waals surface area contributed by atoms with Crippen molar-refractivity contribution in [1.82, 2.24) is 0 Å². The highest BCUT2D eigenvalue weighted by atomic mass is 16.5. The van der Waals surface area contributed by atoms with Gasteiger partial charge in [0.25, 0.3) is 0 Å². The zero-order valence-electron chi connectivity index (χ0n) is 10.1. The predicted octanol–water partition coefficient (Wildman–Crippen LogP) is 2.49. The van der Waals surface area contributed by atoms with Crippen molar-refractivity contribution in [3.05, 3.63) is 29.8 Å². The Morgan fingerprint density at radius 2 is 1.65 bits per heavy atom. The molecule has 0 aliphatic carbocycles. The summed E-state index contributed by atoms with van der Waals surface area (Å²) in [4.78, 5) is 21.8. The van der Waals surface area contributed by atoms with Crippen molar-refractivity contribution in [1.29, 1.82) is 0 Å². The third-order valence-corrected chi connectivity index (χ3v) is 2.03. The quantitative estimate of drug-likeness (QED) is 0.595. The van der Waals surface area contributed by atoms with E-state index in [9.17, 15) is 9.59 Å². The van der Waals surface area contributed by atoms with Gasteiger partial charge in [-0.1, -0.05) is 12.7 Å². The molecule has 0 aliphatic rings. The maximum absolute atomic E-state index is 10.9. The van der Waals surface area contributed by atoms with E-state index >= 15 is 0 Å². The largest absolute Gasteiger partial charge is 0.426 e. The van der Waals surface area contributed by atoms with Crippen molar-refractivity contribution >= 4 is 18.0 Å². The number of carbonyl (C=O) groups excluding carboxylic acids is 2. The summed E-state index contributed by atoms with van der Waals surface area (Å²) in [6.07, 6.45) is 1.53. The molecular formula is C13H14O4. The smallest absolute Gasteiger partial charge is 0.308 e. The van der Waals surface area contributed by atoms with Gasteiger partial charge in [-0.3, -0.25) is 9.59 Å². The van der Waals surface area contributed by atoms with E-state index in [1.807, 2.05) is 0 Å². The van der Waals surface area contributed by atoms with Crippen LogP contribution in [-0.4, -0.2) is 11.9 Å². The lowest BCUT2D eigenvalue weighted by molar-refractivity contribution is -0.133. The Morgan fingerprint density at radius 3 is 2.12 bits per heavy atom. The van der Waals surface area contributed by atoms with Crippen LogP contribution in [0.2, 0.25) is 0 Å². The van der Waals surface area contributed by atoms with E-state index in [0.29, 0.717) is 22.6 Å². The fourth-order valence-corrected chi connectivity index (χ4v) is 1.34. The van der Waals surface area contributed by atoms with E-state index in [-0.39, 0.29) is 0 Å². The van der Waals surface area contributed by atoms with Crippen LogP contribution < -0.4 is 9.47 Å². The molecule has 0 N–H and O–H groups in total. The van der Waals surface area contributed by atoms with Crippen LogP contribution in [0.3, 0.4) is 0 Å². The van der Waals surface area contributed by atoms with Gasteiger partial charge in [0.1, 0.15) is 11.5 Å². The monoisotopic (exact) mass is 234 g/mol. The van der Waals surface area contributed by atoms with Gasteiger partial charge in [0.2, 0.25) is 0 Å². The van der Waals surface area contributed by atoms with Crippen molar-refractivity contribution < 1.29 is 19.1 Å². The maximum atomic E-state index is 10.9. The number of benzene rings is 1. The van der Waals surface area contributed by atoms with Gasteiger partial charge in [0.05, 0.1) is 0 Å². The highest BCUT2D eigenvalue weighted by Crippen LogP contribution is 2.29. The Morgan fingerprint density at radius 1 is 1.12 bits per heavy atom. The molecule has 4 nitrogen and oxygen atoms in total. The average molecular weight is 234 g/mol. The van der Waals surface area contributed by atoms with Gasteiger partial charge in [-0.15, -0.1) is 0 Å². The molecule has 0 aromatic heterocycles. The Bertz CT molecular complexity index is 475. The number of hydrogen-bond acceptors (Lipinski definition) is 4. The molecule has 0 radical (unpaired) electrons. The van der Waals surface area contributed by atoms with E-state index in [4.69, 9.17) is 9.47 Å². The third kappa shape index (κ3) is 3.45.